The number of nitro groups is 1. The molecule has 0 saturated carbocycles. The van der Waals surface area contributed by atoms with E-state index in [-0.39, 0.29) is 27.4 Å². The number of carbonyl (C=O) groups excluding carboxylic acids is 2. The Morgan fingerprint density at radius 2 is 1.78 bits per heavy atom. The first-order chi connectivity index (χ1) is 10.9. The van der Waals surface area contributed by atoms with Crippen LogP contribution in [-0.2, 0) is 4.74 Å². The highest BCUT2D eigenvalue weighted by Crippen LogP contribution is 2.22. The molecule has 2 aromatic carbocycles. The number of esters is 1. The summed E-state index contributed by atoms with van der Waals surface area (Å²) in [4.78, 5) is 34.3. The van der Waals surface area contributed by atoms with Gasteiger partial charge in [-0.1, -0.05) is 29.8 Å². The van der Waals surface area contributed by atoms with Crippen molar-refractivity contribution in [2.45, 2.75) is 6.92 Å². The van der Waals surface area contributed by atoms with Gasteiger partial charge < -0.3 is 4.74 Å². The van der Waals surface area contributed by atoms with E-state index in [0.29, 0.717) is 0 Å². The second-order valence-electron chi connectivity index (χ2n) is 4.69. The van der Waals surface area contributed by atoms with Gasteiger partial charge in [0.2, 0.25) is 5.78 Å². The van der Waals surface area contributed by atoms with Gasteiger partial charge in [0.15, 0.2) is 6.61 Å². The first-order valence-corrected chi connectivity index (χ1v) is 6.98. The lowest BCUT2D eigenvalue weighted by Crippen LogP contribution is -2.15. The molecule has 0 bridgehead atoms. The number of rotatable bonds is 5. The van der Waals surface area contributed by atoms with Crippen molar-refractivity contribution < 1.29 is 19.2 Å². The zero-order valence-electron chi connectivity index (χ0n) is 12.1. The number of carbonyl (C=O) groups is 2. The SMILES string of the molecule is Cc1c(C(=O)OCC(=O)c2ccccc2Cl)cccc1[N+](=O)[O-]. The average molecular weight is 334 g/mol. The molecule has 0 heterocycles. The molecular formula is C16H12ClNO5. The smallest absolute Gasteiger partial charge is 0.339 e. The molecule has 7 heteroatoms. The van der Waals surface area contributed by atoms with Crippen molar-refractivity contribution in [1.82, 2.24) is 0 Å². The highest BCUT2D eigenvalue weighted by molar-refractivity contribution is 6.34. The molecule has 0 spiro atoms. The number of nitrogens with zero attached hydrogens (tertiary/aromatic N) is 1. The van der Waals surface area contributed by atoms with Crippen LogP contribution in [0.25, 0.3) is 0 Å². The Morgan fingerprint density at radius 3 is 2.43 bits per heavy atom. The molecular weight excluding hydrogens is 322 g/mol. The Hall–Kier alpha value is -2.73. The van der Waals surface area contributed by atoms with Gasteiger partial charge in [-0.05, 0) is 25.1 Å². The molecule has 0 aliphatic rings. The van der Waals surface area contributed by atoms with Crippen molar-refractivity contribution in [3.63, 3.8) is 0 Å². The minimum atomic E-state index is -0.799. The van der Waals surface area contributed by atoms with Gasteiger partial charge in [0.25, 0.3) is 5.69 Å². The summed E-state index contributed by atoms with van der Waals surface area (Å²) in [7, 11) is 0. The molecule has 2 aromatic rings. The predicted octanol–water partition coefficient (Wildman–Crippen LogP) is 3.60. The van der Waals surface area contributed by atoms with E-state index in [1.807, 2.05) is 0 Å². The van der Waals surface area contributed by atoms with Crippen LogP contribution in [0.5, 0.6) is 0 Å². The Bertz CT molecular complexity index is 788. The van der Waals surface area contributed by atoms with Gasteiger partial charge in [-0.15, -0.1) is 0 Å². The molecule has 118 valence electrons. The van der Waals surface area contributed by atoms with Crippen LogP contribution in [0.4, 0.5) is 5.69 Å². The fraction of sp³-hybridized carbons (Fsp3) is 0.125. The monoisotopic (exact) mass is 333 g/mol. The van der Waals surface area contributed by atoms with Crippen molar-refractivity contribution in [3.05, 3.63) is 74.3 Å². The second-order valence-corrected chi connectivity index (χ2v) is 5.09. The first kappa shape index (κ1) is 16.6. The van der Waals surface area contributed by atoms with Gasteiger partial charge in [-0.3, -0.25) is 14.9 Å². The normalized spacial score (nSPS) is 10.2. The van der Waals surface area contributed by atoms with E-state index in [2.05, 4.69) is 0 Å². The zero-order chi connectivity index (χ0) is 17.0. The molecule has 0 fully saturated rings. The third kappa shape index (κ3) is 3.73. The van der Waals surface area contributed by atoms with E-state index in [9.17, 15) is 19.7 Å². The lowest BCUT2D eigenvalue weighted by molar-refractivity contribution is -0.385. The summed E-state index contributed by atoms with van der Waals surface area (Å²) in [5.74, 6) is -1.25. The van der Waals surface area contributed by atoms with Crippen LogP contribution in [0.3, 0.4) is 0 Å². The molecule has 0 amide bonds. The zero-order valence-corrected chi connectivity index (χ0v) is 12.9. The standard InChI is InChI=1S/C16H12ClNO5/c1-10-11(6-4-8-14(10)18(21)22)16(20)23-9-15(19)12-5-2-3-7-13(12)17/h2-8H,9H2,1H3. The number of halogens is 1. The Kier molecular flexibility index (Phi) is 5.08. The van der Waals surface area contributed by atoms with Crippen LogP contribution < -0.4 is 0 Å². The third-order valence-electron chi connectivity index (χ3n) is 3.23. The minimum Gasteiger partial charge on any atom is -0.454 e. The quantitative estimate of drug-likeness (QED) is 0.361. The van der Waals surface area contributed by atoms with E-state index in [1.54, 1.807) is 18.2 Å². The van der Waals surface area contributed by atoms with E-state index < -0.39 is 23.3 Å². The summed E-state index contributed by atoms with van der Waals surface area (Å²) < 4.78 is 4.95. The summed E-state index contributed by atoms with van der Waals surface area (Å²) in [6.07, 6.45) is 0. The van der Waals surface area contributed by atoms with Crippen molar-refractivity contribution in [2.24, 2.45) is 0 Å². The fourth-order valence-corrected chi connectivity index (χ4v) is 2.26. The third-order valence-corrected chi connectivity index (χ3v) is 3.56. The Morgan fingerprint density at radius 1 is 1.13 bits per heavy atom. The number of hydrogen-bond donors (Lipinski definition) is 0. The largest absolute Gasteiger partial charge is 0.454 e. The maximum atomic E-state index is 12.0. The average Bonchev–Trinajstić information content (AvgIpc) is 2.52. The molecule has 6 nitrogen and oxygen atoms in total. The van der Waals surface area contributed by atoms with Crippen LogP contribution in [-0.4, -0.2) is 23.3 Å². The van der Waals surface area contributed by atoms with Crippen molar-refractivity contribution in [3.8, 4) is 0 Å². The van der Waals surface area contributed by atoms with E-state index in [1.165, 1.54) is 31.2 Å². The number of ether oxygens (including phenoxy) is 1. The molecule has 0 saturated heterocycles. The molecule has 0 atom stereocenters. The van der Waals surface area contributed by atoms with Crippen LogP contribution in [0.2, 0.25) is 5.02 Å². The number of benzene rings is 2. The van der Waals surface area contributed by atoms with Gasteiger partial charge in [0.1, 0.15) is 0 Å². The Balaban J connectivity index is 2.12. The van der Waals surface area contributed by atoms with E-state index in [0.717, 1.165) is 0 Å². The lowest BCUT2D eigenvalue weighted by Gasteiger charge is -2.07. The summed E-state index contributed by atoms with van der Waals surface area (Å²) in [6.45, 7) is 0.954. The number of hydrogen-bond acceptors (Lipinski definition) is 5. The molecule has 23 heavy (non-hydrogen) atoms. The number of Topliss-reactive ketones (excluding diaryl/α,β-unsaturated/α-hetero) is 1. The summed E-state index contributed by atoms with van der Waals surface area (Å²) in [5, 5.41) is 11.1. The van der Waals surface area contributed by atoms with Gasteiger partial charge in [-0.25, -0.2) is 4.79 Å². The van der Waals surface area contributed by atoms with Gasteiger partial charge in [-0.2, -0.15) is 0 Å². The van der Waals surface area contributed by atoms with Crippen molar-refractivity contribution in [1.29, 1.82) is 0 Å². The van der Waals surface area contributed by atoms with Crippen LogP contribution >= 0.6 is 11.6 Å². The number of nitro benzene ring substituents is 1. The predicted molar refractivity (Wildman–Crippen MR) is 83.9 cm³/mol. The van der Waals surface area contributed by atoms with Crippen LogP contribution in [0.1, 0.15) is 26.3 Å². The second kappa shape index (κ2) is 7.02. The van der Waals surface area contributed by atoms with E-state index >= 15 is 0 Å². The van der Waals surface area contributed by atoms with Crippen LogP contribution in [0.15, 0.2) is 42.5 Å². The highest BCUT2D eigenvalue weighted by Gasteiger charge is 2.20. The lowest BCUT2D eigenvalue weighted by atomic mass is 10.1. The van der Waals surface area contributed by atoms with E-state index in [4.69, 9.17) is 16.3 Å². The number of ketones is 1. The van der Waals surface area contributed by atoms with Gasteiger partial charge in [0, 0.05) is 17.2 Å². The minimum absolute atomic E-state index is 0.0474. The first-order valence-electron chi connectivity index (χ1n) is 6.60. The fourth-order valence-electron chi connectivity index (χ4n) is 2.02. The summed E-state index contributed by atoms with van der Waals surface area (Å²) in [6, 6.07) is 10.5. The molecule has 0 N–H and O–H groups in total. The van der Waals surface area contributed by atoms with Crippen molar-refractivity contribution >= 4 is 29.0 Å². The maximum absolute atomic E-state index is 12.0. The topological polar surface area (TPSA) is 86.5 Å². The molecule has 0 aliphatic heterocycles. The highest BCUT2D eigenvalue weighted by atomic mass is 35.5. The van der Waals surface area contributed by atoms with Crippen molar-refractivity contribution in [2.75, 3.05) is 6.61 Å². The Labute approximate surface area is 136 Å². The molecule has 0 radical (unpaired) electrons. The summed E-state index contributed by atoms with van der Waals surface area (Å²) >= 11 is 5.90. The molecule has 0 unspecified atom stereocenters. The molecule has 2 rings (SSSR count). The van der Waals surface area contributed by atoms with Crippen LogP contribution in [0, 0.1) is 17.0 Å². The summed E-state index contributed by atoms with van der Waals surface area (Å²) in [5.41, 5.74) is 0.300. The maximum Gasteiger partial charge on any atom is 0.339 e. The van der Waals surface area contributed by atoms with Gasteiger partial charge >= 0.3 is 5.97 Å². The molecule has 0 aliphatic carbocycles. The molecule has 0 aromatic heterocycles. The van der Waals surface area contributed by atoms with Gasteiger partial charge in [0.05, 0.1) is 15.5 Å².